The van der Waals surface area contributed by atoms with Gasteiger partial charge in [0.15, 0.2) is 0 Å². The number of benzene rings is 3. The number of anilines is 1. The molecule has 6 nitrogen and oxygen atoms in total. The van der Waals surface area contributed by atoms with Gasteiger partial charge in [-0.25, -0.2) is 13.1 Å². The van der Waals surface area contributed by atoms with Crippen molar-refractivity contribution < 1.29 is 17.9 Å². The first-order valence-corrected chi connectivity index (χ1v) is 11.6. The van der Waals surface area contributed by atoms with E-state index in [4.69, 9.17) is 16.3 Å². The van der Waals surface area contributed by atoms with E-state index in [0.717, 1.165) is 23.2 Å². The molecular formula is C23H21ClN2O4S. The van der Waals surface area contributed by atoms with Crippen molar-refractivity contribution in [1.82, 2.24) is 4.72 Å². The highest BCUT2D eigenvalue weighted by atomic mass is 35.5. The number of nitrogens with one attached hydrogen (secondary N) is 1. The molecule has 3 aromatic rings. The molecule has 0 saturated heterocycles. The number of hydrogen-bond donors (Lipinski definition) is 1. The average molecular weight is 457 g/mol. The summed E-state index contributed by atoms with van der Waals surface area (Å²) in [5.74, 6) is 0.585. The van der Waals surface area contributed by atoms with Gasteiger partial charge in [-0.1, -0.05) is 35.9 Å². The third-order valence-corrected chi connectivity index (χ3v) is 7.12. The molecule has 1 amide bonds. The topological polar surface area (TPSA) is 75.7 Å². The summed E-state index contributed by atoms with van der Waals surface area (Å²) in [6.07, 6.45) is 0.753. The van der Waals surface area contributed by atoms with Gasteiger partial charge < -0.3 is 9.64 Å². The van der Waals surface area contributed by atoms with Gasteiger partial charge in [-0.15, -0.1) is 0 Å². The molecule has 0 aromatic heterocycles. The molecule has 1 N–H and O–H groups in total. The zero-order valence-corrected chi connectivity index (χ0v) is 18.4. The Bertz CT molecular complexity index is 1230. The fourth-order valence-corrected chi connectivity index (χ4v) is 5.09. The Balaban J connectivity index is 1.53. The van der Waals surface area contributed by atoms with E-state index in [1.54, 1.807) is 48.4 Å². The second kappa shape index (κ2) is 8.70. The van der Waals surface area contributed by atoms with Crippen LogP contribution < -0.4 is 14.4 Å². The second-order valence-electron chi connectivity index (χ2n) is 7.15. The summed E-state index contributed by atoms with van der Waals surface area (Å²) in [6, 6.07) is 18.9. The summed E-state index contributed by atoms with van der Waals surface area (Å²) < 4.78 is 32.9. The molecule has 4 rings (SSSR count). The van der Waals surface area contributed by atoms with Crippen LogP contribution in [0, 0.1) is 0 Å². The van der Waals surface area contributed by atoms with Gasteiger partial charge in [-0.3, -0.25) is 4.79 Å². The minimum atomic E-state index is -3.76. The van der Waals surface area contributed by atoms with Crippen LogP contribution in [0.2, 0.25) is 5.02 Å². The van der Waals surface area contributed by atoms with E-state index >= 15 is 0 Å². The third-order valence-electron chi connectivity index (χ3n) is 5.22. The molecule has 1 aliphatic rings. The zero-order chi connectivity index (χ0) is 22.0. The number of rotatable bonds is 6. The predicted molar refractivity (Wildman–Crippen MR) is 120 cm³/mol. The van der Waals surface area contributed by atoms with Crippen molar-refractivity contribution in [2.75, 3.05) is 18.6 Å². The van der Waals surface area contributed by atoms with Crippen LogP contribution in [0.5, 0.6) is 5.75 Å². The number of sulfonamides is 1. The quantitative estimate of drug-likeness (QED) is 0.607. The molecule has 31 heavy (non-hydrogen) atoms. The van der Waals surface area contributed by atoms with E-state index < -0.39 is 10.0 Å². The van der Waals surface area contributed by atoms with Crippen LogP contribution in [0.3, 0.4) is 0 Å². The summed E-state index contributed by atoms with van der Waals surface area (Å²) >= 11 is 6.03. The van der Waals surface area contributed by atoms with E-state index in [9.17, 15) is 13.2 Å². The number of carbonyl (C=O) groups excluding carboxylic acids is 1. The van der Waals surface area contributed by atoms with Gasteiger partial charge in [-0.05, 0) is 60.0 Å². The summed E-state index contributed by atoms with van der Waals surface area (Å²) in [7, 11) is -2.18. The van der Waals surface area contributed by atoms with Crippen molar-refractivity contribution in [3.05, 3.63) is 88.4 Å². The maximum absolute atomic E-state index is 13.0. The van der Waals surface area contributed by atoms with E-state index in [2.05, 4.69) is 4.72 Å². The minimum Gasteiger partial charge on any atom is -0.497 e. The number of hydrogen-bond acceptors (Lipinski definition) is 4. The number of halogens is 1. The van der Waals surface area contributed by atoms with Crippen molar-refractivity contribution in [3.63, 3.8) is 0 Å². The fraction of sp³-hybridized carbons (Fsp3) is 0.174. The van der Waals surface area contributed by atoms with Crippen molar-refractivity contribution in [2.45, 2.75) is 17.9 Å². The number of ether oxygens (including phenoxy) is 1. The van der Waals surface area contributed by atoms with Crippen molar-refractivity contribution in [2.24, 2.45) is 0 Å². The van der Waals surface area contributed by atoms with Gasteiger partial charge in [0.05, 0.1) is 12.1 Å². The Morgan fingerprint density at radius 2 is 1.84 bits per heavy atom. The average Bonchev–Trinajstić information content (AvgIpc) is 3.21. The van der Waals surface area contributed by atoms with Crippen LogP contribution in [-0.2, 0) is 23.0 Å². The highest BCUT2D eigenvalue weighted by Crippen LogP contribution is 2.31. The molecule has 0 bridgehead atoms. The van der Waals surface area contributed by atoms with E-state index in [0.29, 0.717) is 17.9 Å². The molecule has 0 radical (unpaired) electrons. The van der Waals surface area contributed by atoms with Crippen molar-refractivity contribution >= 4 is 33.2 Å². The molecule has 0 aliphatic carbocycles. The van der Waals surface area contributed by atoms with E-state index in [1.165, 1.54) is 12.1 Å². The number of amides is 1. The van der Waals surface area contributed by atoms with Crippen LogP contribution in [0.4, 0.5) is 5.69 Å². The van der Waals surface area contributed by atoms with E-state index in [-0.39, 0.29) is 22.4 Å². The smallest absolute Gasteiger partial charge is 0.258 e. The van der Waals surface area contributed by atoms with Gasteiger partial charge >= 0.3 is 0 Å². The predicted octanol–water partition coefficient (Wildman–Crippen LogP) is 4.03. The molecule has 1 aliphatic heterocycles. The third kappa shape index (κ3) is 4.44. The first-order chi connectivity index (χ1) is 14.9. The molecule has 1 heterocycles. The Morgan fingerprint density at radius 3 is 2.55 bits per heavy atom. The normalized spacial score (nSPS) is 13.2. The minimum absolute atomic E-state index is 0.0362. The lowest BCUT2D eigenvalue weighted by Crippen LogP contribution is -2.29. The molecule has 0 atom stereocenters. The van der Waals surface area contributed by atoms with Crippen LogP contribution in [0.25, 0.3) is 0 Å². The highest BCUT2D eigenvalue weighted by Gasteiger charge is 2.26. The van der Waals surface area contributed by atoms with E-state index in [1.807, 2.05) is 18.2 Å². The lowest BCUT2D eigenvalue weighted by molar-refractivity contribution is 0.0989. The highest BCUT2D eigenvalue weighted by molar-refractivity contribution is 7.89. The molecule has 0 fully saturated rings. The van der Waals surface area contributed by atoms with Gasteiger partial charge in [0.1, 0.15) is 10.6 Å². The maximum Gasteiger partial charge on any atom is 0.258 e. The van der Waals surface area contributed by atoms with Gasteiger partial charge in [0, 0.05) is 24.3 Å². The second-order valence-corrected chi connectivity index (χ2v) is 9.30. The molecular weight excluding hydrogens is 436 g/mol. The molecule has 3 aromatic carbocycles. The first-order valence-electron chi connectivity index (χ1n) is 9.71. The van der Waals surface area contributed by atoms with Crippen LogP contribution in [0.15, 0.2) is 71.6 Å². The molecule has 8 heteroatoms. The largest absolute Gasteiger partial charge is 0.497 e. The molecule has 0 saturated carbocycles. The van der Waals surface area contributed by atoms with Crippen LogP contribution in [-0.4, -0.2) is 28.0 Å². The Morgan fingerprint density at radius 1 is 1.10 bits per heavy atom. The Labute approximate surface area is 186 Å². The van der Waals surface area contributed by atoms with Crippen molar-refractivity contribution in [1.29, 1.82) is 0 Å². The lowest BCUT2D eigenvalue weighted by atomic mass is 10.1. The monoisotopic (exact) mass is 456 g/mol. The Kier molecular flexibility index (Phi) is 6.00. The number of methoxy groups -OCH3 is 1. The Hall–Kier alpha value is -2.87. The zero-order valence-electron chi connectivity index (χ0n) is 16.8. The molecule has 0 spiro atoms. The summed E-state index contributed by atoms with van der Waals surface area (Å²) in [5.41, 5.74) is 3.18. The standard InChI is InChI=1S/C23H21ClN2O4S/c1-30-19-10-8-18(9-11-19)23(27)26-13-12-17-7-6-16(14-21(17)26)15-25-31(28,29)22-5-3-2-4-20(22)24/h2-11,14,25H,12-13,15H2,1H3. The maximum atomic E-state index is 13.0. The van der Waals surface area contributed by atoms with Gasteiger partial charge in [-0.2, -0.15) is 0 Å². The summed E-state index contributed by atoms with van der Waals surface area (Å²) in [5, 5.41) is 0.167. The number of carbonyl (C=O) groups is 1. The summed E-state index contributed by atoms with van der Waals surface area (Å²) in [4.78, 5) is 14.8. The van der Waals surface area contributed by atoms with Crippen molar-refractivity contribution in [3.8, 4) is 5.75 Å². The first kappa shape index (κ1) is 21.4. The van der Waals surface area contributed by atoms with Gasteiger partial charge in [0.2, 0.25) is 10.0 Å². The van der Waals surface area contributed by atoms with Crippen LogP contribution in [0.1, 0.15) is 21.5 Å². The van der Waals surface area contributed by atoms with Crippen LogP contribution >= 0.6 is 11.6 Å². The van der Waals surface area contributed by atoms with Gasteiger partial charge in [0.25, 0.3) is 5.91 Å². The lowest BCUT2D eigenvalue weighted by Gasteiger charge is -2.18. The SMILES string of the molecule is COc1ccc(C(=O)N2CCc3ccc(CNS(=O)(=O)c4ccccc4Cl)cc32)cc1. The fourth-order valence-electron chi connectivity index (χ4n) is 3.55. The summed E-state index contributed by atoms with van der Waals surface area (Å²) in [6.45, 7) is 0.667. The molecule has 0 unspecified atom stereocenters. The number of nitrogens with zero attached hydrogens (tertiary/aromatic N) is 1. The molecule has 160 valence electrons. The number of fused-ring (bicyclic) bond motifs is 1.